The molecular formula is C11H8O2. The summed E-state index contributed by atoms with van der Waals surface area (Å²) < 4.78 is 5.71. The van der Waals surface area contributed by atoms with Crippen molar-refractivity contribution in [2.45, 2.75) is 17.9 Å². The zero-order valence-electron chi connectivity index (χ0n) is 6.99. The van der Waals surface area contributed by atoms with E-state index in [0.29, 0.717) is 12.2 Å². The van der Waals surface area contributed by atoms with Crippen molar-refractivity contribution < 1.29 is 9.53 Å². The topological polar surface area (TPSA) is 26.3 Å². The molecule has 3 unspecified atom stereocenters. The van der Waals surface area contributed by atoms with E-state index in [1.54, 1.807) is 0 Å². The van der Waals surface area contributed by atoms with Crippen molar-refractivity contribution >= 4 is 5.78 Å². The molecule has 0 amide bonds. The molecule has 1 spiro atoms. The molecule has 1 aromatic rings. The Kier molecular flexibility index (Phi) is 0.724. The van der Waals surface area contributed by atoms with Crippen LogP contribution in [0.4, 0.5) is 0 Å². The summed E-state index contributed by atoms with van der Waals surface area (Å²) in [6.45, 7) is 0. The molecule has 3 atom stereocenters. The normalized spacial score (nSPS) is 42.6. The molecule has 3 aliphatic rings. The average Bonchev–Trinajstić information content (AvgIpc) is 2.49. The number of rotatable bonds is 0. The number of para-hydroxylation sites is 1. The summed E-state index contributed by atoms with van der Waals surface area (Å²) >= 11 is 0. The van der Waals surface area contributed by atoms with Gasteiger partial charge in [0.1, 0.15) is 17.6 Å². The van der Waals surface area contributed by atoms with Crippen molar-refractivity contribution in [3.05, 3.63) is 29.8 Å². The highest BCUT2D eigenvalue weighted by Crippen LogP contribution is 2.72. The Balaban J connectivity index is 1.94. The van der Waals surface area contributed by atoms with Crippen LogP contribution in [0, 0.1) is 5.92 Å². The lowest BCUT2D eigenvalue weighted by molar-refractivity contribution is -0.125. The monoisotopic (exact) mass is 172 g/mol. The van der Waals surface area contributed by atoms with Crippen molar-refractivity contribution in [1.82, 2.24) is 0 Å². The number of fused-ring (bicyclic) bond motifs is 2. The third-order valence-corrected chi connectivity index (χ3v) is 3.71. The van der Waals surface area contributed by atoms with Gasteiger partial charge in [0, 0.05) is 12.0 Å². The first-order valence-corrected chi connectivity index (χ1v) is 4.63. The highest BCUT2D eigenvalue weighted by Gasteiger charge is 2.82. The minimum absolute atomic E-state index is 0.133. The molecule has 0 bridgehead atoms. The van der Waals surface area contributed by atoms with E-state index in [1.165, 1.54) is 5.56 Å². The van der Waals surface area contributed by atoms with Crippen LogP contribution in [0.25, 0.3) is 0 Å². The Hall–Kier alpha value is -1.31. The molecular weight excluding hydrogens is 164 g/mol. The van der Waals surface area contributed by atoms with E-state index >= 15 is 0 Å². The van der Waals surface area contributed by atoms with Gasteiger partial charge in [-0.25, -0.2) is 0 Å². The van der Waals surface area contributed by atoms with Crippen LogP contribution >= 0.6 is 0 Å². The summed E-state index contributed by atoms with van der Waals surface area (Å²) in [6.07, 6.45) is 0.900. The van der Waals surface area contributed by atoms with E-state index < -0.39 is 0 Å². The standard InChI is InChI=1S/C11H8O2/c12-7-5-11-6-3-1-2-4-8(6)13-10(11)9(7)11/h1-4,9-10H,5H2. The second-order valence-electron chi connectivity index (χ2n) is 4.20. The Morgan fingerprint density at radius 1 is 1.38 bits per heavy atom. The molecule has 2 fully saturated rings. The lowest BCUT2D eigenvalue weighted by Crippen LogP contribution is -2.29. The number of hydrogen-bond donors (Lipinski definition) is 0. The molecule has 2 aliphatic carbocycles. The van der Waals surface area contributed by atoms with Gasteiger partial charge in [-0.1, -0.05) is 18.2 Å². The number of ketones is 1. The van der Waals surface area contributed by atoms with Gasteiger partial charge in [0.15, 0.2) is 0 Å². The molecule has 2 nitrogen and oxygen atoms in total. The van der Waals surface area contributed by atoms with Gasteiger partial charge >= 0.3 is 0 Å². The number of carbonyl (C=O) groups excluding carboxylic acids is 1. The number of ether oxygens (including phenoxy) is 1. The SMILES string of the molecule is O=C1CC23c4ccccc4OC2C13. The summed E-state index contributed by atoms with van der Waals surface area (Å²) in [5, 5.41) is 0. The first-order chi connectivity index (χ1) is 6.34. The highest BCUT2D eigenvalue weighted by molar-refractivity contribution is 6.00. The van der Waals surface area contributed by atoms with Gasteiger partial charge in [0.2, 0.25) is 0 Å². The molecule has 4 rings (SSSR count). The van der Waals surface area contributed by atoms with Crippen molar-refractivity contribution in [2.24, 2.45) is 5.92 Å². The van der Waals surface area contributed by atoms with Gasteiger partial charge in [-0.15, -0.1) is 0 Å². The zero-order valence-corrected chi connectivity index (χ0v) is 6.99. The zero-order chi connectivity index (χ0) is 8.63. The van der Waals surface area contributed by atoms with Crippen molar-refractivity contribution in [3.63, 3.8) is 0 Å². The Labute approximate surface area is 75.5 Å². The molecule has 0 aromatic heterocycles. The lowest BCUT2D eigenvalue weighted by Gasteiger charge is -2.22. The van der Waals surface area contributed by atoms with Crippen LogP contribution in [-0.4, -0.2) is 11.9 Å². The average molecular weight is 172 g/mol. The van der Waals surface area contributed by atoms with Gasteiger partial charge in [-0.3, -0.25) is 4.79 Å². The molecule has 64 valence electrons. The maximum absolute atomic E-state index is 11.2. The Bertz CT molecular complexity index is 437. The third kappa shape index (κ3) is 0.443. The maximum atomic E-state index is 11.2. The third-order valence-electron chi connectivity index (χ3n) is 3.71. The van der Waals surface area contributed by atoms with Crippen molar-refractivity contribution in [3.8, 4) is 5.75 Å². The molecule has 2 saturated carbocycles. The highest BCUT2D eigenvalue weighted by atomic mass is 16.5. The van der Waals surface area contributed by atoms with Crippen LogP contribution in [0.5, 0.6) is 5.75 Å². The summed E-state index contributed by atoms with van der Waals surface area (Å²) in [4.78, 5) is 11.2. The Morgan fingerprint density at radius 2 is 2.23 bits per heavy atom. The summed E-state index contributed by atoms with van der Waals surface area (Å²) in [5.74, 6) is 1.60. The van der Waals surface area contributed by atoms with Crippen LogP contribution < -0.4 is 4.74 Å². The molecule has 0 saturated heterocycles. The summed E-state index contributed by atoms with van der Waals surface area (Å²) in [5.41, 5.74) is 1.40. The van der Waals surface area contributed by atoms with Crippen LogP contribution in [0.3, 0.4) is 0 Å². The first kappa shape index (κ1) is 6.19. The molecule has 2 heteroatoms. The molecule has 0 radical (unpaired) electrons. The Morgan fingerprint density at radius 3 is 3.08 bits per heavy atom. The minimum Gasteiger partial charge on any atom is -0.488 e. The predicted molar refractivity (Wildman–Crippen MR) is 45.7 cm³/mol. The first-order valence-electron chi connectivity index (χ1n) is 4.63. The van der Waals surface area contributed by atoms with Crippen LogP contribution in [0.2, 0.25) is 0 Å². The molecule has 1 aliphatic heterocycles. The minimum atomic E-state index is 0.133. The second-order valence-corrected chi connectivity index (χ2v) is 4.20. The van der Waals surface area contributed by atoms with E-state index in [1.807, 2.05) is 18.2 Å². The fraction of sp³-hybridized carbons (Fsp3) is 0.364. The van der Waals surface area contributed by atoms with Gasteiger partial charge in [0.05, 0.1) is 11.3 Å². The van der Waals surface area contributed by atoms with Gasteiger partial charge in [-0.2, -0.15) is 0 Å². The summed E-state index contributed by atoms with van der Waals surface area (Å²) in [6, 6.07) is 8.10. The largest absolute Gasteiger partial charge is 0.488 e. The van der Waals surface area contributed by atoms with E-state index in [-0.39, 0.29) is 17.4 Å². The van der Waals surface area contributed by atoms with E-state index in [0.717, 1.165) is 5.75 Å². The van der Waals surface area contributed by atoms with Crippen molar-refractivity contribution in [2.75, 3.05) is 0 Å². The van der Waals surface area contributed by atoms with E-state index in [2.05, 4.69) is 6.07 Å². The molecule has 1 heterocycles. The number of hydrogen-bond acceptors (Lipinski definition) is 2. The summed E-state index contributed by atoms with van der Waals surface area (Å²) in [7, 11) is 0. The number of benzene rings is 1. The lowest BCUT2D eigenvalue weighted by atomic mass is 9.78. The fourth-order valence-electron chi connectivity index (χ4n) is 3.02. The van der Waals surface area contributed by atoms with Crippen LogP contribution in [0.15, 0.2) is 24.3 Å². The van der Waals surface area contributed by atoms with Crippen molar-refractivity contribution in [1.29, 1.82) is 0 Å². The second kappa shape index (κ2) is 1.52. The molecule has 1 aromatic carbocycles. The maximum Gasteiger partial charge on any atom is 0.141 e. The van der Waals surface area contributed by atoms with Gasteiger partial charge < -0.3 is 4.74 Å². The van der Waals surface area contributed by atoms with Crippen LogP contribution in [-0.2, 0) is 10.2 Å². The van der Waals surface area contributed by atoms with Gasteiger partial charge in [0.25, 0.3) is 0 Å². The fourth-order valence-corrected chi connectivity index (χ4v) is 3.02. The molecule has 13 heavy (non-hydrogen) atoms. The van der Waals surface area contributed by atoms with Gasteiger partial charge in [-0.05, 0) is 6.07 Å². The number of Topliss-reactive ketones (excluding diaryl/α,β-unsaturated/α-hetero) is 1. The van der Waals surface area contributed by atoms with E-state index in [9.17, 15) is 4.79 Å². The van der Waals surface area contributed by atoms with Crippen LogP contribution in [0.1, 0.15) is 12.0 Å². The predicted octanol–water partition coefficient (Wildman–Crippen LogP) is 1.29. The quantitative estimate of drug-likeness (QED) is 0.589. The van der Waals surface area contributed by atoms with E-state index in [4.69, 9.17) is 4.74 Å². The smallest absolute Gasteiger partial charge is 0.141 e. The molecule has 0 N–H and O–H groups in total. The number of carbonyl (C=O) groups is 1.